The number of hydrogen-bond acceptors (Lipinski definition) is 4. The number of nitrogens with zero attached hydrogens (tertiary/aromatic N) is 1. The topological polar surface area (TPSA) is 72.6 Å². The van der Waals surface area contributed by atoms with Crippen molar-refractivity contribution < 1.29 is 13.2 Å². The molecule has 0 bridgehead atoms. The molecule has 0 amide bonds. The molecule has 0 aromatic heterocycles. The maximum atomic E-state index is 13.1. The van der Waals surface area contributed by atoms with E-state index in [9.17, 15) is 8.42 Å². The molecule has 5 nitrogen and oxygen atoms in total. The number of sulfonamides is 1. The Labute approximate surface area is 149 Å². The van der Waals surface area contributed by atoms with E-state index in [2.05, 4.69) is 0 Å². The van der Waals surface area contributed by atoms with Crippen LogP contribution in [0.4, 0.5) is 0 Å². The third kappa shape index (κ3) is 3.77. The average Bonchev–Trinajstić information content (AvgIpc) is 3.08. The van der Waals surface area contributed by atoms with Gasteiger partial charge in [-0.25, -0.2) is 8.42 Å². The van der Waals surface area contributed by atoms with Gasteiger partial charge >= 0.3 is 0 Å². The van der Waals surface area contributed by atoms with E-state index in [4.69, 9.17) is 10.5 Å². The van der Waals surface area contributed by atoms with E-state index in [1.165, 1.54) is 0 Å². The minimum atomic E-state index is -3.54. The number of rotatable bonds is 6. The molecule has 2 N–H and O–H groups in total. The summed E-state index contributed by atoms with van der Waals surface area (Å²) in [5, 5.41) is 0. The second-order valence-electron chi connectivity index (χ2n) is 6.42. The van der Waals surface area contributed by atoms with Crippen LogP contribution in [0.1, 0.15) is 17.0 Å². The fourth-order valence-corrected chi connectivity index (χ4v) is 5.05. The van der Waals surface area contributed by atoms with E-state index >= 15 is 0 Å². The van der Waals surface area contributed by atoms with Gasteiger partial charge in [-0.05, 0) is 35.7 Å². The third-order valence-electron chi connectivity index (χ3n) is 4.79. The van der Waals surface area contributed by atoms with Crippen molar-refractivity contribution in [2.24, 2.45) is 11.7 Å². The summed E-state index contributed by atoms with van der Waals surface area (Å²) < 4.78 is 32.8. The maximum Gasteiger partial charge on any atom is 0.243 e. The highest BCUT2D eigenvalue weighted by molar-refractivity contribution is 7.89. The zero-order valence-corrected chi connectivity index (χ0v) is 15.2. The average molecular weight is 360 g/mol. The zero-order chi connectivity index (χ0) is 17.9. The molecular formula is C19H24N2O3S. The Balaban J connectivity index is 1.87. The molecule has 1 aliphatic heterocycles. The smallest absolute Gasteiger partial charge is 0.243 e. The summed E-state index contributed by atoms with van der Waals surface area (Å²) in [6.07, 6.45) is 0. The first-order valence-electron chi connectivity index (χ1n) is 8.39. The molecule has 1 heterocycles. The second kappa shape index (κ2) is 7.66. The fraction of sp³-hybridized carbons (Fsp3) is 0.368. The van der Waals surface area contributed by atoms with E-state index in [-0.39, 0.29) is 11.8 Å². The van der Waals surface area contributed by atoms with Crippen LogP contribution < -0.4 is 5.73 Å². The highest BCUT2D eigenvalue weighted by atomic mass is 32.2. The van der Waals surface area contributed by atoms with Gasteiger partial charge in [0.2, 0.25) is 10.0 Å². The zero-order valence-electron chi connectivity index (χ0n) is 14.3. The molecule has 2 aromatic rings. The number of nitrogens with two attached hydrogens (primary N) is 1. The SMILES string of the molecule is COCc1cccc(S(=O)(=O)N2C[C@@H](CN)[C@H](c3ccccc3)C2)c1. The van der Waals surface area contributed by atoms with Crippen molar-refractivity contribution in [1.82, 2.24) is 4.31 Å². The van der Waals surface area contributed by atoms with Crippen LogP contribution in [0.25, 0.3) is 0 Å². The van der Waals surface area contributed by atoms with Gasteiger partial charge in [0.15, 0.2) is 0 Å². The quantitative estimate of drug-likeness (QED) is 0.857. The van der Waals surface area contributed by atoms with Crippen molar-refractivity contribution in [1.29, 1.82) is 0 Å². The van der Waals surface area contributed by atoms with Crippen LogP contribution in [0.15, 0.2) is 59.5 Å². The summed E-state index contributed by atoms with van der Waals surface area (Å²) in [6, 6.07) is 17.0. The Kier molecular flexibility index (Phi) is 5.54. The van der Waals surface area contributed by atoms with E-state index in [0.717, 1.165) is 11.1 Å². The molecule has 0 radical (unpaired) electrons. The molecule has 2 atom stereocenters. The normalized spacial score (nSPS) is 21.5. The van der Waals surface area contributed by atoms with Crippen LogP contribution in [-0.2, 0) is 21.4 Å². The van der Waals surface area contributed by atoms with Gasteiger partial charge in [-0.1, -0.05) is 42.5 Å². The summed E-state index contributed by atoms with van der Waals surface area (Å²) in [6.45, 7) is 1.77. The largest absolute Gasteiger partial charge is 0.380 e. The van der Waals surface area contributed by atoms with Gasteiger partial charge in [-0.2, -0.15) is 4.31 Å². The van der Waals surface area contributed by atoms with Crippen LogP contribution in [0.5, 0.6) is 0 Å². The highest BCUT2D eigenvalue weighted by Gasteiger charge is 2.39. The molecule has 134 valence electrons. The molecule has 1 fully saturated rings. The molecule has 0 unspecified atom stereocenters. The maximum absolute atomic E-state index is 13.1. The molecule has 0 aliphatic carbocycles. The molecule has 6 heteroatoms. The van der Waals surface area contributed by atoms with Gasteiger partial charge in [0.1, 0.15) is 0 Å². The summed E-state index contributed by atoms with van der Waals surface area (Å²) in [4.78, 5) is 0.312. The lowest BCUT2D eigenvalue weighted by atomic mass is 9.89. The lowest BCUT2D eigenvalue weighted by molar-refractivity contribution is 0.184. The van der Waals surface area contributed by atoms with E-state index in [0.29, 0.717) is 31.1 Å². The summed E-state index contributed by atoms with van der Waals surface area (Å²) in [5.41, 5.74) is 7.92. The first kappa shape index (κ1) is 18.1. The van der Waals surface area contributed by atoms with Crippen LogP contribution >= 0.6 is 0 Å². The molecule has 2 aromatic carbocycles. The second-order valence-corrected chi connectivity index (χ2v) is 8.35. The standard InChI is InChI=1S/C19H24N2O3S/c1-24-14-15-6-5-9-18(10-15)25(22,23)21-12-17(11-20)19(13-21)16-7-3-2-4-8-16/h2-10,17,19H,11-14,20H2,1H3/t17-,19+/m1/s1. The molecule has 0 saturated carbocycles. The fourth-order valence-electron chi connectivity index (χ4n) is 3.46. The lowest BCUT2D eigenvalue weighted by Crippen LogP contribution is -2.30. The number of hydrogen-bond donors (Lipinski definition) is 1. The minimum Gasteiger partial charge on any atom is -0.380 e. The molecule has 1 aliphatic rings. The first-order valence-corrected chi connectivity index (χ1v) is 9.83. The van der Waals surface area contributed by atoms with Crippen molar-refractivity contribution in [2.75, 3.05) is 26.7 Å². The Morgan fingerprint density at radius 1 is 1.12 bits per heavy atom. The third-order valence-corrected chi connectivity index (χ3v) is 6.61. The molecular weight excluding hydrogens is 336 g/mol. The number of benzene rings is 2. The van der Waals surface area contributed by atoms with E-state index in [1.54, 1.807) is 29.6 Å². The van der Waals surface area contributed by atoms with Gasteiger partial charge in [0, 0.05) is 26.1 Å². The molecule has 3 rings (SSSR count). The summed E-state index contributed by atoms with van der Waals surface area (Å²) in [5.74, 6) is 0.252. The number of methoxy groups -OCH3 is 1. The molecule has 25 heavy (non-hydrogen) atoms. The van der Waals surface area contributed by atoms with Crippen molar-refractivity contribution in [3.8, 4) is 0 Å². The molecule has 1 saturated heterocycles. The monoisotopic (exact) mass is 360 g/mol. The van der Waals surface area contributed by atoms with E-state index < -0.39 is 10.0 Å². The first-order chi connectivity index (χ1) is 12.1. The highest BCUT2D eigenvalue weighted by Crippen LogP contribution is 2.35. The van der Waals surface area contributed by atoms with Crippen LogP contribution in [0, 0.1) is 5.92 Å². The van der Waals surface area contributed by atoms with Crippen LogP contribution in [0.2, 0.25) is 0 Å². The van der Waals surface area contributed by atoms with Gasteiger partial charge in [0.05, 0.1) is 11.5 Å². The number of ether oxygens (including phenoxy) is 1. The van der Waals surface area contributed by atoms with Crippen molar-refractivity contribution in [3.05, 3.63) is 65.7 Å². The van der Waals surface area contributed by atoms with Gasteiger partial charge in [0.25, 0.3) is 0 Å². The Morgan fingerprint density at radius 3 is 2.56 bits per heavy atom. The Hall–Kier alpha value is -1.73. The lowest BCUT2D eigenvalue weighted by Gasteiger charge is -2.17. The van der Waals surface area contributed by atoms with Crippen LogP contribution in [0.3, 0.4) is 0 Å². The minimum absolute atomic E-state index is 0.124. The Bertz CT molecular complexity index is 808. The van der Waals surface area contributed by atoms with E-state index in [1.807, 2.05) is 36.4 Å². The summed E-state index contributed by atoms with van der Waals surface area (Å²) in [7, 11) is -1.95. The predicted octanol–water partition coefficient (Wildman–Crippen LogP) is 2.20. The van der Waals surface area contributed by atoms with Crippen molar-refractivity contribution in [3.63, 3.8) is 0 Å². The van der Waals surface area contributed by atoms with Gasteiger partial charge in [-0.15, -0.1) is 0 Å². The predicted molar refractivity (Wildman–Crippen MR) is 97.6 cm³/mol. The molecule has 0 spiro atoms. The van der Waals surface area contributed by atoms with Crippen LogP contribution in [-0.4, -0.2) is 39.5 Å². The van der Waals surface area contributed by atoms with Gasteiger partial charge in [-0.3, -0.25) is 0 Å². The van der Waals surface area contributed by atoms with Crippen molar-refractivity contribution in [2.45, 2.75) is 17.4 Å². The summed E-state index contributed by atoms with van der Waals surface area (Å²) >= 11 is 0. The van der Waals surface area contributed by atoms with Crippen molar-refractivity contribution >= 4 is 10.0 Å². The van der Waals surface area contributed by atoms with Gasteiger partial charge < -0.3 is 10.5 Å². The Morgan fingerprint density at radius 2 is 1.88 bits per heavy atom.